The fourth-order valence-electron chi connectivity index (χ4n) is 2.72. The number of rotatable bonds is 3. The van der Waals surface area contributed by atoms with E-state index in [-0.39, 0.29) is 12.4 Å². The number of carbonyl (C=O) groups excluding carboxylic acids is 1. The van der Waals surface area contributed by atoms with Crippen LogP contribution in [0.25, 0.3) is 0 Å². The largest absolute Gasteiger partial charge is 0.343 e. The molecule has 2 rings (SSSR count). The zero-order chi connectivity index (χ0) is 11.4. The number of amides is 1. The Morgan fingerprint density at radius 3 is 2.59 bits per heavy atom. The highest BCUT2D eigenvalue weighted by atomic mass is 35.5. The van der Waals surface area contributed by atoms with Gasteiger partial charge in [-0.3, -0.25) is 4.79 Å². The van der Waals surface area contributed by atoms with Crippen LogP contribution in [0.15, 0.2) is 0 Å². The Morgan fingerprint density at radius 1 is 1.29 bits per heavy atom. The van der Waals surface area contributed by atoms with Crippen LogP contribution in [0.1, 0.15) is 45.4 Å². The van der Waals surface area contributed by atoms with Gasteiger partial charge < -0.3 is 10.2 Å². The van der Waals surface area contributed by atoms with Crippen LogP contribution in [0.5, 0.6) is 0 Å². The molecule has 1 N–H and O–H groups in total. The van der Waals surface area contributed by atoms with Gasteiger partial charge in [0.2, 0.25) is 5.91 Å². The molecule has 0 aliphatic carbocycles. The molecule has 100 valence electrons. The Hall–Kier alpha value is -0.280. The second-order valence-electron chi connectivity index (χ2n) is 5.40. The molecular weight excluding hydrogens is 236 g/mol. The normalized spacial score (nSPS) is 25.7. The van der Waals surface area contributed by atoms with E-state index in [4.69, 9.17) is 0 Å². The molecule has 2 aliphatic heterocycles. The van der Waals surface area contributed by atoms with Crippen LogP contribution in [0.3, 0.4) is 0 Å². The first kappa shape index (κ1) is 14.8. The zero-order valence-electron chi connectivity index (χ0n) is 10.8. The van der Waals surface area contributed by atoms with Crippen molar-refractivity contribution < 1.29 is 4.79 Å². The molecule has 3 nitrogen and oxygen atoms in total. The van der Waals surface area contributed by atoms with E-state index in [2.05, 4.69) is 17.1 Å². The average Bonchev–Trinajstić information content (AvgIpc) is 2.80. The second-order valence-corrected chi connectivity index (χ2v) is 5.40. The number of likely N-dealkylation sites (tertiary alicyclic amines) is 1. The van der Waals surface area contributed by atoms with E-state index in [9.17, 15) is 4.79 Å². The fraction of sp³-hybridized carbons (Fsp3) is 0.923. The smallest absolute Gasteiger partial charge is 0.222 e. The minimum atomic E-state index is 0. The van der Waals surface area contributed by atoms with Crippen molar-refractivity contribution in [2.75, 3.05) is 19.6 Å². The van der Waals surface area contributed by atoms with Gasteiger partial charge in [0.15, 0.2) is 0 Å². The lowest BCUT2D eigenvalue weighted by Crippen LogP contribution is -2.38. The van der Waals surface area contributed by atoms with Gasteiger partial charge in [0.25, 0.3) is 0 Å². The third kappa shape index (κ3) is 4.47. The minimum absolute atomic E-state index is 0. The summed E-state index contributed by atoms with van der Waals surface area (Å²) in [7, 11) is 0. The molecule has 4 heteroatoms. The van der Waals surface area contributed by atoms with Crippen molar-refractivity contribution in [1.82, 2.24) is 10.2 Å². The summed E-state index contributed by atoms with van der Waals surface area (Å²) in [6.45, 7) is 5.39. The molecule has 1 amide bonds. The molecule has 1 unspecified atom stereocenters. The number of piperidine rings is 1. The van der Waals surface area contributed by atoms with Crippen LogP contribution < -0.4 is 5.32 Å². The predicted molar refractivity (Wildman–Crippen MR) is 72.5 cm³/mol. The Bertz CT molecular complexity index is 234. The van der Waals surface area contributed by atoms with Crippen LogP contribution in [0, 0.1) is 5.92 Å². The van der Waals surface area contributed by atoms with Crippen molar-refractivity contribution in [2.45, 2.75) is 51.5 Å². The quantitative estimate of drug-likeness (QED) is 0.844. The number of hydrogen-bond donors (Lipinski definition) is 1. The topological polar surface area (TPSA) is 32.3 Å². The molecule has 0 bridgehead atoms. The number of nitrogens with one attached hydrogen (secondary N) is 1. The number of hydrogen-bond acceptors (Lipinski definition) is 2. The first-order chi connectivity index (χ1) is 7.75. The lowest BCUT2D eigenvalue weighted by molar-refractivity contribution is -0.132. The van der Waals surface area contributed by atoms with Gasteiger partial charge in [0.1, 0.15) is 0 Å². The van der Waals surface area contributed by atoms with Gasteiger partial charge in [0, 0.05) is 25.6 Å². The van der Waals surface area contributed by atoms with Gasteiger partial charge >= 0.3 is 0 Å². The maximum Gasteiger partial charge on any atom is 0.222 e. The Balaban J connectivity index is 0.00000144. The molecular formula is C13H25ClN2O. The SMILES string of the molecule is CC1CCN(C(=O)CCC2CCCN2)CC1.Cl. The number of nitrogens with zero attached hydrogens (tertiary/aromatic N) is 1. The highest BCUT2D eigenvalue weighted by Gasteiger charge is 2.21. The van der Waals surface area contributed by atoms with Crippen LogP contribution in [-0.2, 0) is 4.79 Å². The summed E-state index contributed by atoms with van der Waals surface area (Å²) < 4.78 is 0. The molecule has 2 aliphatic rings. The first-order valence-electron chi connectivity index (χ1n) is 6.77. The van der Waals surface area contributed by atoms with Gasteiger partial charge in [-0.05, 0) is 44.6 Å². The molecule has 0 radical (unpaired) electrons. The maximum atomic E-state index is 12.0. The summed E-state index contributed by atoms with van der Waals surface area (Å²) >= 11 is 0. The van der Waals surface area contributed by atoms with Crippen molar-refractivity contribution in [3.63, 3.8) is 0 Å². The standard InChI is InChI=1S/C13H24N2O.ClH/c1-11-6-9-15(10-7-11)13(16)5-4-12-3-2-8-14-12;/h11-12,14H,2-10H2,1H3;1H. The van der Waals surface area contributed by atoms with Crippen molar-refractivity contribution in [2.24, 2.45) is 5.92 Å². The summed E-state index contributed by atoms with van der Waals surface area (Å²) in [5, 5.41) is 3.45. The highest BCUT2D eigenvalue weighted by molar-refractivity contribution is 5.85. The van der Waals surface area contributed by atoms with Crippen LogP contribution >= 0.6 is 12.4 Å². The third-order valence-corrected chi connectivity index (χ3v) is 4.01. The highest BCUT2D eigenvalue weighted by Crippen LogP contribution is 2.18. The summed E-state index contributed by atoms with van der Waals surface area (Å²) in [6.07, 6.45) is 6.68. The van der Waals surface area contributed by atoms with Crippen LogP contribution in [0.2, 0.25) is 0 Å². The molecule has 2 saturated heterocycles. The van der Waals surface area contributed by atoms with Crippen molar-refractivity contribution in [3.05, 3.63) is 0 Å². The molecule has 0 saturated carbocycles. The summed E-state index contributed by atoms with van der Waals surface area (Å²) in [5.74, 6) is 1.18. The van der Waals surface area contributed by atoms with Crippen molar-refractivity contribution in [1.29, 1.82) is 0 Å². The Morgan fingerprint density at radius 2 is 2.00 bits per heavy atom. The molecule has 0 aromatic rings. The van der Waals surface area contributed by atoms with E-state index < -0.39 is 0 Å². The van der Waals surface area contributed by atoms with E-state index in [1.54, 1.807) is 0 Å². The van der Waals surface area contributed by atoms with Crippen molar-refractivity contribution >= 4 is 18.3 Å². The van der Waals surface area contributed by atoms with Gasteiger partial charge in [-0.2, -0.15) is 0 Å². The van der Waals surface area contributed by atoms with Gasteiger partial charge in [-0.15, -0.1) is 12.4 Å². The van der Waals surface area contributed by atoms with E-state index in [0.717, 1.165) is 38.4 Å². The predicted octanol–water partition coefficient (Wildman–Crippen LogP) is 2.20. The maximum absolute atomic E-state index is 12.0. The monoisotopic (exact) mass is 260 g/mol. The van der Waals surface area contributed by atoms with E-state index in [1.165, 1.54) is 25.7 Å². The van der Waals surface area contributed by atoms with Crippen molar-refractivity contribution in [3.8, 4) is 0 Å². The Labute approximate surface area is 111 Å². The molecule has 1 atom stereocenters. The van der Waals surface area contributed by atoms with E-state index in [0.29, 0.717) is 11.9 Å². The third-order valence-electron chi connectivity index (χ3n) is 4.01. The van der Waals surface area contributed by atoms with Gasteiger partial charge in [-0.1, -0.05) is 6.92 Å². The van der Waals surface area contributed by atoms with Crippen LogP contribution in [0.4, 0.5) is 0 Å². The summed E-state index contributed by atoms with van der Waals surface area (Å²) in [5.41, 5.74) is 0. The fourth-order valence-corrected chi connectivity index (χ4v) is 2.72. The zero-order valence-corrected chi connectivity index (χ0v) is 11.6. The molecule has 2 fully saturated rings. The lowest BCUT2D eigenvalue weighted by Gasteiger charge is -2.30. The minimum Gasteiger partial charge on any atom is -0.343 e. The van der Waals surface area contributed by atoms with E-state index in [1.807, 2.05) is 0 Å². The second kappa shape index (κ2) is 7.22. The molecule has 0 aromatic carbocycles. The van der Waals surface area contributed by atoms with Gasteiger partial charge in [0.05, 0.1) is 0 Å². The average molecular weight is 261 g/mol. The summed E-state index contributed by atoms with van der Waals surface area (Å²) in [4.78, 5) is 14.0. The summed E-state index contributed by atoms with van der Waals surface area (Å²) in [6, 6.07) is 0.604. The molecule has 0 spiro atoms. The molecule has 17 heavy (non-hydrogen) atoms. The lowest BCUT2D eigenvalue weighted by atomic mass is 9.98. The van der Waals surface area contributed by atoms with Crippen LogP contribution in [-0.4, -0.2) is 36.5 Å². The number of halogens is 1. The number of carbonyl (C=O) groups is 1. The van der Waals surface area contributed by atoms with E-state index >= 15 is 0 Å². The first-order valence-corrected chi connectivity index (χ1v) is 6.77. The molecule has 2 heterocycles. The Kier molecular flexibility index (Phi) is 6.28. The molecule has 0 aromatic heterocycles. The van der Waals surface area contributed by atoms with Gasteiger partial charge in [-0.25, -0.2) is 0 Å².